The number of aliphatic hydroxyl groups excluding tert-OH is 1. The second-order valence-electron chi connectivity index (χ2n) is 7.47. The third-order valence-corrected chi connectivity index (χ3v) is 4.57. The summed E-state index contributed by atoms with van der Waals surface area (Å²) < 4.78 is 1.74. The smallest absolute Gasteiger partial charge is 0.263 e. The molecule has 4 rings (SSSR count). The molecule has 7 nitrogen and oxygen atoms in total. The predicted octanol–water partition coefficient (Wildman–Crippen LogP) is 1.94. The lowest BCUT2D eigenvalue weighted by molar-refractivity contribution is 0.165. The van der Waals surface area contributed by atoms with Gasteiger partial charge in [-0.25, -0.2) is 4.68 Å². The van der Waals surface area contributed by atoms with Gasteiger partial charge >= 0.3 is 0 Å². The van der Waals surface area contributed by atoms with Crippen molar-refractivity contribution in [2.75, 3.05) is 5.32 Å². The van der Waals surface area contributed by atoms with Gasteiger partial charge < -0.3 is 10.4 Å². The summed E-state index contributed by atoms with van der Waals surface area (Å²) in [5.41, 5.74) is 2.13. The van der Waals surface area contributed by atoms with Crippen molar-refractivity contribution in [1.82, 2.24) is 19.7 Å². The summed E-state index contributed by atoms with van der Waals surface area (Å²) in [4.78, 5) is 19.7. The first-order chi connectivity index (χ1) is 11.8. The molecule has 0 fully saturated rings. The number of hydrogen-bond donors (Lipinski definition) is 3. The van der Waals surface area contributed by atoms with Crippen LogP contribution in [-0.2, 0) is 12.0 Å². The molecule has 0 unspecified atom stereocenters. The number of anilines is 1. The molecule has 1 aliphatic rings. The number of fused-ring (bicyclic) bond motifs is 2. The van der Waals surface area contributed by atoms with Crippen LogP contribution in [0.4, 0.5) is 5.95 Å². The van der Waals surface area contributed by atoms with Gasteiger partial charge in [-0.15, -0.1) is 0 Å². The number of nitrogens with one attached hydrogen (secondary N) is 2. The van der Waals surface area contributed by atoms with Gasteiger partial charge in [-0.1, -0.05) is 24.3 Å². The van der Waals surface area contributed by atoms with E-state index in [0.29, 0.717) is 23.4 Å². The first kappa shape index (κ1) is 15.8. The Kier molecular flexibility index (Phi) is 3.43. The summed E-state index contributed by atoms with van der Waals surface area (Å²) >= 11 is 0. The van der Waals surface area contributed by atoms with Crippen LogP contribution in [0.25, 0.3) is 11.0 Å². The molecule has 2 aromatic heterocycles. The van der Waals surface area contributed by atoms with E-state index in [2.05, 4.69) is 20.4 Å². The van der Waals surface area contributed by atoms with Crippen molar-refractivity contribution in [2.45, 2.75) is 44.9 Å². The molecule has 25 heavy (non-hydrogen) atoms. The van der Waals surface area contributed by atoms with Crippen molar-refractivity contribution in [3.63, 3.8) is 0 Å². The fourth-order valence-corrected chi connectivity index (χ4v) is 3.37. The highest BCUT2D eigenvalue weighted by Crippen LogP contribution is 2.33. The Morgan fingerprint density at radius 3 is 2.84 bits per heavy atom. The first-order valence-corrected chi connectivity index (χ1v) is 8.35. The van der Waals surface area contributed by atoms with E-state index >= 15 is 0 Å². The number of nitrogens with zero attached hydrogens (tertiary/aromatic N) is 3. The molecule has 0 radical (unpaired) electrons. The number of rotatable bonds is 2. The molecule has 3 N–H and O–H groups in total. The monoisotopic (exact) mass is 339 g/mol. The molecule has 130 valence electrons. The third-order valence-electron chi connectivity index (χ3n) is 4.57. The zero-order valence-electron chi connectivity index (χ0n) is 14.4. The maximum Gasteiger partial charge on any atom is 0.263 e. The van der Waals surface area contributed by atoms with E-state index in [-0.39, 0.29) is 17.1 Å². The molecule has 7 heteroatoms. The minimum Gasteiger partial charge on any atom is -0.390 e. The van der Waals surface area contributed by atoms with E-state index in [4.69, 9.17) is 0 Å². The van der Waals surface area contributed by atoms with Crippen LogP contribution in [0.15, 0.2) is 35.3 Å². The standard InChI is InChI=1S/C18H21N5O2/c1-18(2,3)23-15-12(9-19-23)16(25)22-17(21-15)20-14-11-7-5-4-6-10(11)8-13(14)24/h4-7,9,13-14,24H,8H2,1-3H3,(H2,20,21,22,25)/t13-,14+/m0/s1. The van der Waals surface area contributed by atoms with Crippen LogP contribution < -0.4 is 10.9 Å². The van der Waals surface area contributed by atoms with Crippen molar-refractivity contribution in [3.8, 4) is 0 Å². The normalized spacial score (nSPS) is 20.0. The van der Waals surface area contributed by atoms with Crippen LogP contribution in [0.3, 0.4) is 0 Å². The Morgan fingerprint density at radius 2 is 2.08 bits per heavy atom. The van der Waals surface area contributed by atoms with Crippen molar-refractivity contribution in [3.05, 3.63) is 51.9 Å². The third kappa shape index (κ3) is 2.60. The Morgan fingerprint density at radius 1 is 1.32 bits per heavy atom. The Bertz CT molecular complexity index is 999. The van der Waals surface area contributed by atoms with Crippen LogP contribution >= 0.6 is 0 Å². The van der Waals surface area contributed by atoms with Crippen LogP contribution in [0.2, 0.25) is 0 Å². The lowest BCUT2D eigenvalue weighted by atomic mass is 10.1. The highest BCUT2D eigenvalue weighted by molar-refractivity contribution is 5.74. The quantitative estimate of drug-likeness (QED) is 0.663. The van der Waals surface area contributed by atoms with Crippen LogP contribution in [0, 0.1) is 0 Å². The fourth-order valence-electron chi connectivity index (χ4n) is 3.37. The van der Waals surface area contributed by atoms with Gasteiger partial charge in [-0.05, 0) is 31.9 Å². The highest BCUT2D eigenvalue weighted by atomic mass is 16.3. The molecule has 0 saturated carbocycles. The highest BCUT2D eigenvalue weighted by Gasteiger charge is 2.31. The molecule has 2 atom stereocenters. The van der Waals surface area contributed by atoms with E-state index in [1.807, 2.05) is 45.0 Å². The van der Waals surface area contributed by atoms with Crippen molar-refractivity contribution in [1.29, 1.82) is 0 Å². The lowest BCUT2D eigenvalue weighted by Gasteiger charge is -2.21. The van der Waals surface area contributed by atoms with Gasteiger partial charge in [-0.2, -0.15) is 10.1 Å². The Balaban J connectivity index is 1.77. The zero-order chi connectivity index (χ0) is 17.8. The molecule has 0 spiro atoms. The molecule has 0 bridgehead atoms. The van der Waals surface area contributed by atoms with Crippen LogP contribution in [-0.4, -0.2) is 31.0 Å². The van der Waals surface area contributed by atoms with E-state index < -0.39 is 6.10 Å². The minimum atomic E-state index is -0.564. The Labute approximate surface area is 144 Å². The Hall–Kier alpha value is -2.67. The number of H-pyrrole nitrogens is 1. The van der Waals surface area contributed by atoms with Crippen LogP contribution in [0.5, 0.6) is 0 Å². The van der Waals surface area contributed by atoms with Gasteiger partial charge in [0.2, 0.25) is 5.95 Å². The maximum absolute atomic E-state index is 12.4. The molecular formula is C18H21N5O2. The molecule has 0 amide bonds. The molecule has 2 heterocycles. The number of hydrogen-bond acceptors (Lipinski definition) is 5. The second-order valence-corrected chi connectivity index (χ2v) is 7.47. The maximum atomic E-state index is 12.4. The van der Waals surface area contributed by atoms with Gasteiger partial charge in [0.1, 0.15) is 5.39 Å². The number of benzene rings is 1. The number of aromatic nitrogens is 4. The number of aromatic amines is 1. The molecule has 0 aliphatic heterocycles. The van der Waals surface area contributed by atoms with Crippen molar-refractivity contribution in [2.24, 2.45) is 0 Å². The minimum absolute atomic E-state index is 0.247. The molecule has 1 aromatic carbocycles. The zero-order valence-corrected chi connectivity index (χ0v) is 14.4. The average molecular weight is 339 g/mol. The lowest BCUT2D eigenvalue weighted by Crippen LogP contribution is -2.26. The summed E-state index contributed by atoms with van der Waals surface area (Å²) in [6, 6.07) is 7.59. The second kappa shape index (κ2) is 5.42. The van der Waals surface area contributed by atoms with E-state index in [0.717, 1.165) is 11.1 Å². The number of aliphatic hydroxyl groups is 1. The predicted molar refractivity (Wildman–Crippen MR) is 95.7 cm³/mol. The largest absolute Gasteiger partial charge is 0.390 e. The summed E-state index contributed by atoms with van der Waals surface area (Å²) in [6.45, 7) is 6.02. The van der Waals surface area contributed by atoms with E-state index in [1.54, 1.807) is 4.68 Å². The summed E-state index contributed by atoms with van der Waals surface area (Å²) in [7, 11) is 0. The topological polar surface area (TPSA) is 95.8 Å². The summed E-state index contributed by atoms with van der Waals surface area (Å²) in [6.07, 6.45) is 1.56. The molecule has 0 saturated heterocycles. The van der Waals surface area contributed by atoms with Gasteiger partial charge in [0.15, 0.2) is 5.65 Å². The summed E-state index contributed by atoms with van der Waals surface area (Å²) in [5, 5.41) is 18.3. The first-order valence-electron chi connectivity index (χ1n) is 8.35. The summed E-state index contributed by atoms with van der Waals surface area (Å²) in [5.74, 6) is 0.337. The van der Waals surface area contributed by atoms with Gasteiger partial charge in [-0.3, -0.25) is 9.78 Å². The van der Waals surface area contributed by atoms with Gasteiger partial charge in [0.05, 0.1) is 23.9 Å². The van der Waals surface area contributed by atoms with E-state index in [1.165, 1.54) is 6.20 Å². The SMILES string of the molecule is CC(C)(C)n1ncc2c(=O)[nH]c(N[C@@H]3c4ccccc4C[C@@H]3O)nc21. The van der Waals surface area contributed by atoms with E-state index in [9.17, 15) is 9.90 Å². The molecule has 3 aromatic rings. The van der Waals surface area contributed by atoms with Gasteiger partial charge in [0.25, 0.3) is 5.56 Å². The van der Waals surface area contributed by atoms with Crippen molar-refractivity contribution >= 4 is 17.0 Å². The molecule has 1 aliphatic carbocycles. The van der Waals surface area contributed by atoms with Crippen LogP contribution in [0.1, 0.15) is 37.9 Å². The van der Waals surface area contributed by atoms with Crippen molar-refractivity contribution < 1.29 is 5.11 Å². The average Bonchev–Trinajstić information content (AvgIpc) is 3.09. The van der Waals surface area contributed by atoms with Gasteiger partial charge in [0, 0.05) is 6.42 Å². The fraction of sp³-hybridized carbons (Fsp3) is 0.389. The molecular weight excluding hydrogens is 318 g/mol.